The van der Waals surface area contributed by atoms with Crippen LogP contribution < -0.4 is 5.32 Å². The molecular formula is C16H33NO3. The van der Waals surface area contributed by atoms with E-state index in [1.54, 1.807) is 0 Å². The molecular weight excluding hydrogens is 254 g/mol. The first-order valence-corrected chi connectivity index (χ1v) is 8.09. The van der Waals surface area contributed by atoms with Gasteiger partial charge in [-0.15, -0.1) is 0 Å². The van der Waals surface area contributed by atoms with Crippen molar-refractivity contribution in [3.63, 3.8) is 0 Å². The van der Waals surface area contributed by atoms with Crippen molar-refractivity contribution in [2.24, 2.45) is 11.8 Å². The number of carboxylic acid groups (broad SMARTS) is 1. The van der Waals surface area contributed by atoms with Gasteiger partial charge in [-0.1, -0.05) is 27.2 Å². The largest absolute Gasteiger partial charge is 0.481 e. The molecule has 0 amide bonds. The SMILES string of the molecule is CCCCNCC(CCCOCCCC(C)C)C(=O)O. The van der Waals surface area contributed by atoms with Crippen molar-refractivity contribution < 1.29 is 14.6 Å². The van der Waals surface area contributed by atoms with Crippen molar-refractivity contribution in [1.82, 2.24) is 5.32 Å². The lowest BCUT2D eigenvalue weighted by Crippen LogP contribution is -2.29. The third-order valence-corrected chi connectivity index (χ3v) is 3.36. The van der Waals surface area contributed by atoms with E-state index < -0.39 is 5.97 Å². The maximum Gasteiger partial charge on any atom is 0.307 e. The Morgan fingerprint density at radius 1 is 1.15 bits per heavy atom. The molecule has 1 unspecified atom stereocenters. The molecule has 0 aliphatic heterocycles. The molecule has 0 rings (SSSR count). The third-order valence-electron chi connectivity index (χ3n) is 3.36. The second-order valence-corrected chi connectivity index (χ2v) is 5.88. The van der Waals surface area contributed by atoms with Crippen molar-refractivity contribution in [2.45, 2.75) is 59.3 Å². The second-order valence-electron chi connectivity index (χ2n) is 5.88. The van der Waals surface area contributed by atoms with Gasteiger partial charge in [0.25, 0.3) is 0 Å². The molecule has 0 spiro atoms. The lowest BCUT2D eigenvalue weighted by atomic mass is 10.0. The second kappa shape index (κ2) is 13.4. The van der Waals surface area contributed by atoms with Crippen molar-refractivity contribution in [1.29, 1.82) is 0 Å². The summed E-state index contributed by atoms with van der Waals surface area (Å²) in [6, 6.07) is 0. The number of nitrogens with one attached hydrogen (secondary N) is 1. The molecule has 2 N–H and O–H groups in total. The van der Waals surface area contributed by atoms with Gasteiger partial charge in [-0.25, -0.2) is 0 Å². The first kappa shape index (κ1) is 19.4. The molecule has 0 fully saturated rings. The highest BCUT2D eigenvalue weighted by Gasteiger charge is 2.16. The van der Waals surface area contributed by atoms with Crippen LogP contribution in [0.4, 0.5) is 0 Å². The first-order chi connectivity index (χ1) is 9.57. The van der Waals surface area contributed by atoms with Crippen LogP contribution in [-0.2, 0) is 9.53 Å². The van der Waals surface area contributed by atoms with Crippen LogP contribution in [0.25, 0.3) is 0 Å². The standard InChI is InChI=1S/C16H33NO3/c1-4-5-10-17-13-15(16(18)19)9-7-12-20-11-6-8-14(2)3/h14-15,17H,4-13H2,1-3H3,(H,18,19). The Morgan fingerprint density at radius 2 is 1.80 bits per heavy atom. The molecule has 0 saturated carbocycles. The average molecular weight is 287 g/mol. The summed E-state index contributed by atoms with van der Waals surface area (Å²) in [5, 5.41) is 12.4. The number of carboxylic acids is 1. The van der Waals surface area contributed by atoms with Gasteiger partial charge in [0.15, 0.2) is 0 Å². The third kappa shape index (κ3) is 12.4. The molecule has 0 aromatic rings. The van der Waals surface area contributed by atoms with Crippen molar-refractivity contribution in [2.75, 3.05) is 26.3 Å². The van der Waals surface area contributed by atoms with Gasteiger partial charge < -0.3 is 15.2 Å². The molecule has 0 heterocycles. The van der Waals surface area contributed by atoms with Crippen LogP contribution in [-0.4, -0.2) is 37.4 Å². The lowest BCUT2D eigenvalue weighted by Gasteiger charge is -2.13. The molecule has 0 aromatic heterocycles. The lowest BCUT2D eigenvalue weighted by molar-refractivity contribution is -0.141. The zero-order valence-electron chi connectivity index (χ0n) is 13.5. The summed E-state index contributed by atoms with van der Waals surface area (Å²) >= 11 is 0. The summed E-state index contributed by atoms with van der Waals surface area (Å²) in [7, 11) is 0. The van der Waals surface area contributed by atoms with Crippen LogP contribution in [0.1, 0.15) is 59.3 Å². The van der Waals surface area contributed by atoms with Crippen LogP contribution in [0, 0.1) is 11.8 Å². The zero-order valence-corrected chi connectivity index (χ0v) is 13.5. The van der Waals surface area contributed by atoms with E-state index in [0.29, 0.717) is 19.6 Å². The molecule has 0 saturated heterocycles. The summed E-state index contributed by atoms with van der Waals surface area (Å²) < 4.78 is 5.54. The average Bonchev–Trinajstić information content (AvgIpc) is 2.39. The molecule has 1 atom stereocenters. The molecule has 0 radical (unpaired) electrons. The first-order valence-electron chi connectivity index (χ1n) is 8.09. The Morgan fingerprint density at radius 3 is 2.35 bits per heavy atom. The normalized spacial score (nSPS) is 12.8. The zero-order chi connectivity index (χ0) is 15.2. The van der Waals surface area contributed by atoms with Crippen LogP contribution >= 0.6 is 0 Å². The Kier molecular flexibility index (Phi) is 13.0. The van der Waals surface area contributed by atoms with Crippen LogP contribution in [0.2, 0.25) is 0 Å². The Labute approximate surface area is 124 Å². The smallest absolute Gasteiger partial charge is 0.307 e. The Balaban J connectivity index is 3.53. The van der Waals surface area contributed by atoms with Crippen molar-refractivity contribution in [3.8, 4) is 0 Å². The summed E-state index contributed by atoms with van der Waals surface area (Å²) in [5.41, 5.74) is 0. The molecule has 0 aliphatic carbocycles. The van der Waals surface area contributed by atoms with Gasteiger partial charge in [0.2, 0.25) is 0 Å². The van der Waals surface area contributed by atoms with E-state index in [1.165, 1.54) is 6.42 Å². The van der Waals surface area contributed by atoms with Gasteiger partial charge in [0, 0.05) is 19.8 Å². The highest BCUT2D eigenvalue weighted by Crippen LogP contribution is 2.07. The predicted octanol–water partition coefficient (Wildman–Crippen LogP) is 3.31. The van der Waals surface area contributed by atoms with Gasteiger partial charge in [-0.3, -0.25) is 4.79 Å². The van der Waals surface area contributed by atoms with E-state index in [4.69, 9.17) is 9.84 Å². The molecule has 4 nitrogen and oxygen atoms in total. The van der Waals surface area contributed by atoms with Gasteiger partial charge in [0.1, 0.15) is 0 Å². The predicted molar refractivity (Wildman–Crippen MR) is 83.0 cm³/mol. The van der Waals surface area contributed by atoms with Gasteiger partial charge in [0.05, 0.1) is 5.92 Å². The van der Waals surface area contributed by atoms with E-state index in [2.05, 4.69) is 26.1 Å². The monoisotopic (exact) mass is 287 g/mol. The maximum absolute atomic E-state index is 11.1. The molecule has 4 heteroatoms. The van der Waals surface area contributed by atoms with E-state index in [9.17, 15) is 4.79 Å². The van der Waals surface area contributed by atoms with Gasteiger partial charge >= 0.3 is 5.97 Å². The molecule has 0 bridgehead atoms. The number of carbonyl (C=O) groups is 1. The van der Waals surface area contributed by atoms with E-state index in [1.807, 2.05) is 0 Å². The number of hydrogen-bond donors (Lipinski definition) is 2. The molecule has 20 heavy (non-hydrogen) atoms. The number of hydrogen-bond acceptors (Lipinski definition) is 3. The Bertz CT molecular complexity index is 232. The quantitative estimate of drug-likeness (QED) is 0.481. The Hall–Kier alpha value is -0.610. The van der Waals surface area contributed by atoms with Crippen LogP contribution in [0.5, 0.6) is 0 Å². The fraction of sp³-hybridized carbons (Fsp3) is 0.938. The summed E-state index contributed by atoms with van der Waals surface area (Å²) in [6.45, 7) is 9.51. The van der Waals surface area contributed by atoms with Crippen LogP contribution in [0.3, 0.4) is 0 Å². The molecule has 120 valence electrons. The fourth-order valence-electron chi connectivity index (χ4n) is 2.02. The number of unbranched alkanes of at least 4 members (excludes halogenated alkanes) is 1. The minimum atomic E-state index is -0.700. The summed E-state index contributed by atoms with van der Waals surface area (Å²) in [4.78, 5) is 11.1. The summed E-state index contributed by atoms with van der Waals surface area (Å²) in [6.07, 6.45) is 6.05. The minimum Gasteiger partial charge on any atom is -0.481 e. The number of aliphatic carboxylic acids is 1. The summed E-state index contributed by atoms with van der Waals surface area (Å²) in [5.74, 6) is -0.260. The van der Waals surface area contributed by atoms with Gasteiger partial charge in [-0.05, 0) is 44.6 Å². The molecule has 0 aromatic carbocycles. The highest BCUT2D eigenvalue weighted by atomic mass is 16.5. The van der Waals surface area contributed by atoms with Crippen molar-refractivity contribution >= 4 is 5.97 Å². The van der Waals surface area contributed by atoms with Gasteiger partial charge in [-0.2, -0.15) is 0 Å². The van der Waals surface area contributed by atoms with Crippen molar-refractivity contribution in [3.05, 3.63) is 0 Å². The topological polar surface area (TPSA) is 58.6 Å². The number of ether oxygens (including phenoxy) is 1. The van der Waals surface area contributed by atoms with E-state index >= 15 is 0 Å². The highest BCUT2D eigenvalue weighted by molar-refractivity contribution is 5.70. The fourth-order valence-corrected chi connectivity index (χ4v) is 2.02. The van der Waals surface area contributed by atoms with E-state index in [-0.39, 0.29) is 5.92 Å². The number of rotatable bonds is 14. The minimum absolute atomic E-state index is 0.286. The van der Waals surface area contributed by atoms with E-state index in [0.717, 1.165) is 44.8 Å². The maximum atomic E-state index is 11.1. The molecule has 0 aliphatic rings. The van der Waals surface area contributed by atoms with Crippen LogP contribution in [0.15, 0.2) is 0 Å².